The topological polar surface area (TPSA) is 48.9 Å². The summed E-state index contributed by atoms with van der Waals surface area (Å²) in [5.74, 6) is -1.23. The van der Waals surface area contributed by atoms with Crippen LogP contribution >= 0.6 is 23.2 Å². The van der Waals surface area contributed by atoms with Crippen LogP contribution in [-0.4, -0.2) is 10.7 Å². The Morgan fingerprint density at radius 2 is 1.78 bits per heavy atom. The number of carbonyl (C=O) groups excluding carboxylic acids is 1. The Bertz CT molecular complexity index is 615. The zero-order valence-electron chi connectivity index (χ0n) is 9.78. The molecule has 18 heavy (non-hydrogen) atoms. The molecular weight excluding hydrogens is 275 g/mol. The molecule has 2 aromatic rings. The molecule has 0 saturated heterocycles. The first-order valence-corrected chi connectivity index (χ1v) is 5.92. The Kier molecular flexibility index (Phi) is 3.32. The van der Waals surface area contributed by atoms with E-state index in [1.54, 1.807) is 36.9 Å². The summed E-state index contributed by atoms with van der Waals surface area (Å²) in [6.45, 7) is 1.79. The number of hydrogen-bond donors (Lipinski definition) is 0. The molecule has 6 heteroatoms. The molecule has 0 radical (unpaired) electrons. The number of carboxylic acids is 1. The van der Waals surface area contributed by atoms with E-state index in [1.807, 2.05) is 0 Å². The minimum atomic E-state index is -1.23. The SMILES string of the molecule is Cc1cc(C(=O)[O-])[n+](C)n1-c1cc(Cl)cc(Cl)c1. The maximum atomic E-state index is 11.0. The van der Waals surface area contributed by atoms with Gasteiger partial charge in [0.2, 0.25) is 0 Å². The Hall–Kier alpha value is -1.52. The summed E-state index contributed by atoms with van der Waals surface area (Å²) in [4.78, 5) is 11.0. The number of aromatic nitrogens is 2. The summed E-state index contributed by atoms with van der Waals surface area (Å²) < 4.78 is 3.18. The minimum Gasteiger partial charge on any atom is -0.539 e. The van der Waals surface area contributed by atoms with Gasteiger partial charge in [0.1, 0.15) is 11.7 Å². The Morgan fingerprint density at radius 1 is 1.22 bits per heavy atom. The summed E-state index contributed by atoms with van der Waals surface area (Å²) in [5.41, 5.74) is 1.53. The normalized spacial score (nSPS) is 10.7. The first-order valence-electron chi connectivity index (χ1n) is 5.16. The van der Waals surface area contributed by atoms with E-state index < -0.39 is 5.97 Å². The summed E-state index contributed by atoms with van der Waals surface area (Å²) in [7, 11) is 1.63. The molecule has 0 aliphatic rings. The zero-order chi connectivity index (χ0) is 13.4. The lowest BCUT2D eigenvalue weighted by molar-refractivity contribution is -0.748. The van der Waals surface area contributed by atoms with Gasteiger partial charge < -0.3 is 9.90 Å². The molecule has 0 atom stereocenters. The van der Waals surface area contributed by atoms with Gasteiger partial charge in [0.05, 0.1) is 5.69 Å². The number of carbonyl (C=O) groups is 1. The molecule has 0 unspecified atom stereocenters. The van der Waals surface area contributed by atoms with Gasteiger partial charge in [0.15, 0.2) is 7.05 Å². The van der Waals surface area contributed by atoms with Gasteiger partial charge >= 0.3 is 0 Å². The predicted molar refractivity (Wildman–Crippen MR) is 66.0 cm³/mol. The van der Waals surface area contributed by atoms with Crippen LogP contribution in [0.15, 0.2) is 24.3 Å². The largest absolute Gasteiger partial charge is 0.539 e. The molecule has 94 valence electrons. The second-order valence-corrected chi connectivity index (χ2v) is 4.79. The predicted octanol–water partition coefficient (Wildman–Crippen LogP) is 1.28. The van der Waals surface area contributed by atoms with Crippen molar-refractivity contribution in [2.45, 2.75) is 6.92 Å². The second kappa shape index (κ2) is 4.63. The summed E-state index contributed by atoms with van der Waals surface area (Å²) in [6.07, 6.45) is 0. The maximum absolute atomic E-state index is 11.0. The molecule has 1 aromatic carbocycles. The van der Waals surface area contributed by atoms with Crippen LogP contribution in [0.5, 0.6) is 0 Å². The molecule has 4 nitrogen and oxygen atoms in total. The van der Waals surface area contributed by atoms with Gasteiger partial charge in [-0.05, 0) is 25.1 Å². The molecule has 0 aliphatic heterocycles. The number of nitrogens with zero attached hydrogens (tertiary/aromatic N) is 2. The fourth-order valence-electron chi connectivity index (χ4n) is 1.93. The Balaban J connectivity index is 2.67. The van der Waals surface area contributed by atoms with Crippen LogP contribution in [0, 0.1) is 6.92 Å². The van der Waals surface area contributed by atoms with E-state index >= 15 is 0 Å². The van der Waals surface area contributed by atoms with Crippen LogP contribution in [0.4, 0.5) is 0 Å². The number of carboxylic acid groups (broad SMARTS) is 1. The van der Waals surface area contributed by atoms with Crippen molar-refractivity contribution in [3.05, 3.63) is 45.7 Å². The molecule has 1 aromatic heterocycles. The lowest BCUT2D eigenvalue weighted by Crippen LogP contribution is -2.46. The molecule has 2 rings (SSSR count). The number of hydrogen-bond acceptors (Lipinski definition) is 2. The van der Waals surface area contributed by atoms with Crippen LogP contribution < -0.4 is 9.79 Å². The maximum Gasteiger partial charge on any atom is 0.254 e. The second-order valence-electron chi connectivity index (χ2n) is 3.92. The van der Waals surface area contributed by atoms with Crippen LogP contribution in [0.1, 0.15) is 16.2 Å². The van der Waals surface area contributed by atoms with Crippen molar-refractivity contribution in [3.63, 3.8) is 0 Å². The third-order valence-corrected chi connectivity index (χ3v) is 3.07. The van der Waals surface area contributed by atoms with Crippen molar-refractivity contribution in [1.29, 1.82) is 0 Å². The van der Waals surface area contributed by atoms with Crippen LogP contribution in [0.3, 0.4) is 0 Å². The van der Waals surface area contributed by atoms with Gasteiger partial charge in [-0.25, -0.2) is 0 Å². The molecule has 0 bridgehead atoms. The molecule has 1 heterocycles. The highest BCUT2D eigenvalue weighted by Gasteiger charge is 2.19. The van der Waals surface area contributed by atoms with Gasteiger partial charge in [-0.2, -0.15) is 0 Å². The van der Waals surface area contributed by atoms with Gasteiger partial charge in [0, 0.05) is 16.1 Å². The van der Waals surface area contributed by atoms with Crippen LogP contribution in [0.25, 0.3) is 5.69 Å². The van der Waals surface area contributed by atoms with E-state index in [4.69, 9.17) is 23.2 Å². The monoisotopic (exact) mass is 284 g/mol. The molecule has 0 saturated carbocycles. The molecule has 0 amide bonds. The van der Waals surface area contributed by atoms with Gasteiger partial charge in [0.25, 0.3) is 5.69 Å². The van der Waals surface area contributed by atoms with Gasteiger partial charge in [-0.3, -0.25) is 0 Å². The highest BCUT2D eigenvalue weighted by atomic mass is 35.5. The van der Waals surface area contributed by atoms with Crippen LogP contribution in [-0.2, 0) is 7.05 Å². The average molecular weight is 285 g/mol. The number of aryl methyl sites for hydroxylation is 1. The summed E-state index contributed by atoms with van der Waals surface area (Å²) >= 11 is 11.9. The van der Waals surface area contributed by atoms with E-state index in [2.05, 4.69) is 0 Å². The fourth-order valence-corrected chi connectivity index (χ4v) is 2.44. The quantitative estimate of drug-likeness (QED) is 0.780. The number of rotatable bonds is 2. The van der Waals surface area contributed by atoms with E-state index in [9.17, 15) is 9.90 Å². The Morgan fingerprint density at radius 3 is 2.22 bits per heavy atom. The molecule has 0 aliphatic carbocycles. The zero-order valence-corrected chi connectivity index (χ0v) is 11.3. The smallest absolute Gasteiger partial charge is 0.254 e. The third kappa shape index (κ3) is 2.21. The molecule has 0 N–H and O–H groups in total. The van der Waals surface area contributed by atoms with E-state index in [0.717, 1.165) is 5.69 Å². The van der Waals surface area contributed by atoms with E-state index in [-0.39, 0.29) is 5.69 Å². The van der Waals surface area contributed by atoms with Gasteiger partial charge in [-0.15, -0.1) is 9.36 Å². The standard InChI is InChI=1S/C12H10Cl2N2O2/c1-7-3-11(12(17)18)15(2)16(7)10-5-8(13)4-9(14)6-10/h3-6H,1-2H3. The van der Waals surface area contributed by atoms with Crippen LogP contribution in [0.2, 0.25) is 10.0 Å². The van der Waals surface area contributed by atoms with Crippen molar-refractivity contribution in [2.24, 2.45) is 7.05 Å². The number of benzene rings is 1. The van der Waals surface area contributed by atoms with Crippen molar-refractivity contribution >= 4 is 29.2 Å². The first kappa shape index (κ1) is 12.9. The highest BCUT2D eigenvalue weighted by Crippen LogP contribution is 2.22. The lowest BCUT2D eigenvalue weighted by Gasteiger charge is -2.05. The van der Waals surface area contributed by atoms with Gasteiger partial charge in [-0.1, -0.05) is 23.2 Å². The molecular formula is C12H10Cl2N2O2. The minimum absolute atomic E-state index is 0.0867. The molecule has 0 spiro atoms. The van der Waals surface area contributed by atoms with Crippen molar-refractivity contribution in [2.75, 3.05) is 0 Å². The lowest BCUT2D eigenvalue weighted by atomic mass is 10.3. The van der Waals surface area contributed by atoms with E-state index in [0.29, 0.717) is 15.7 Å². The third-order valence-electron chi connectivity index (χ3n) is 2.63. The van der Waals surface area contributed by atoms with Crippen molar-refractivity contribution in [3.8, 4) is 5.69 Å². The first-order chi connectivity index (χ1) is 8.40. The highest BCUT2D eigenvalue weighted by molar-refractivity contribution is 6.34. The van der Waals surface area contributed by atoms with Crippen molar-refractivity contribution < 1.29 is 14.6 Å². The fraction of sp³-hybridized carbons (Fsp3) is 0.167. The van der Waals surface area contributed by atoms with Crippen molar-refractivity contribution in [1.82, 2.24) is 4.68 Å². The van der Waals surface area contributed by atoms with E-state index in [1.165, 1.54) is 10.7 Å². The molecule has 0 fully saturated rings. The summed E-state index contributed by atoms with van der Waals surface area (Å²) in [5, 5.41) is 11.9. The number of halogens is 2. The number of aromatic carboxylic acids is 1. The Labute approximate surface area is 114 Å². The average Bonchev–Trinajstić information content (AvgIpc) is 2.52. The summed E-state index contributed by atoms with van der Waals surface area (Å²) in [6, 6.07) is 6.56.